The topological polar surface area (TPSA) is 58.6 Å². The van der Waals surface area contributed by atoms with Gasteiger partial charge in [-0.25, -0.2) is 0 Å². The lowest BCUT2D eigenvalue weighted by atomic mass is 10.2. The number of carbonyl (C=O) groups excluding carboxylic acids is 2. The third kappa shape index (κ3) is 7.09. The number of para-hydroxylation sites is 2. The Balaban J connectivity index is 1.87. The summed E-state index contributed by atoms with van der Waals surface area (Å²) in [4.78, 5) is 26.6. The summed E-state index contributed by atoms with van der Waals surface area (Å²) in [7, 11) is 1.55. The minimum atomic E-state index is -0.242. The highest BCUT2D eigenvalue weighted by molar-refractivity contribution is 7.99. The fourth-order valence-corrected chi connectivity index (χ4v) is 3.61. The molecule has 0 saturated heterocycles. The van der Waals surface area contributed by atoms with Crippen LogP contribution in [0.1, 0.15) is 18.9 Å². The number of benzene rings is 2. The molecule has 28 heavy (non-hydrogen) atoms. The second-order valence-corrected chi connectivity index (χ2v) is 7.61. The molecule has 0 fully saturated rings. The van der Waals surface area contributed by atoms with E-state index in [9.17, 15) is 9.59 Å². The molecule has 150 valence electrons. The SMILES string of the molecule is CCCN(CC(=O)Nc1ccccc1OC)C(=O)CSCc1ccc(Cl)cc1. The van der Waals surface area contributed by atoms with Crippen LogP contribution in [0.3, 0.4) is 0 Å². The monoisotopic (exact) mass is 420 g/mol. The number of anilines is 1. The normalized spacial score (nSPS) is 10.4. The first-order valence-electron chi connectivity index (χ1n) is 9.06. The molecule has 0 saturated carbocycles. The lowest BCUT2D eigenvalue weighted by molar-refractivity contribution is -0.132. The number of rotatable bonds is 10. The number of methoxy groups -OCH3 is 1. The Morgan fingerprint density at radius 3 is 2.54 bits per heavy atom. The maximum Gasteiger partial charge on any atom is 0.244 e. The van der Waals surface area contributed by atoms with Gasteiger partial charge < -0.3 is 15.0 Å². The lowest BCUT2D eigenvalue weighted by Crippen LogP contribution is -2.39. The van der Waals surface area contributed by atoms with Gasteiger partial charge in [-0.05, 0) is 36.2 Å². The van der Waals surface area contributed by atoms with Gasteiger partial charge in [-0.2, -0.15) is 0 Å². The summed E-state index contributed by atoms with van der Waals surface area (Å²) in [6.45, 7) is 2.55. The summed E-state index contributed by atoms with van der Waals surface area (Å²) in [5.41, 5.74) is 1.70. The van der Waals surface area contributed by atoms with Crippen LogP contribution < -0.4 is 10.1 Å². The standard InChI is InChI=1S/C21H25ClN2O3S/c1-3-12-24(13-20(25)23-18-6-4-5-7-19(18)27-2)21(26)15-28-14-16-8-10-17(22)11-9-16/h4-11H,3,12-15H2,1-2H3,(H,23,25). The van der Waals surface area contributed by atoms with E-state index in [0.29, 0.717) is 28.8 Å². The van der Waals surface area contributed by atoms with Crippen molar-refractivity contribution >= 4 is 40.9 Å². The predicted octanol–water partition coefficient (Wildman–Crippen LogP) is 4.46. The zero-order chi connectivity index (χ0) is 20.4. The fraction of sp³-hybridized carbons (Fsp3) is 0.333. The molecule has 0 aliphatic heterocycles. The summed E-state index contributed by atoms with van der Waals surface area (Å²) in [5.74, 6) is 1.34. The Morgan fingerprint density at radius 2 is 1.86 bits per heavy atom. The second-order valence-electron chi connectivity index (χ2n) is 6.18. The number of ether oxygens (including phenoxy) is 1. The molecule has 0 heterocycles. The van der Waals surface area contributed by atoms with Gasteiger partial charge in [0, 0.05) is 17.3 Å². The third-order valence-electron chi connectivity index (χ3n) is 3.97. The highest BCUT2D eigenvalue weighted by atomic mass is 35.5. The largest absolute Gasteiger partial charge is 0.495 e. The van der Waals surface area contributed by atoms with Crippen molar-refractivity contribution < 1.29 is 14.3 Å². The third-order valence-corrected chi connectivity index (χ3v) is 5.21. The van der Waals surface area contributed by atoms with Gasteiger partial charge in [0.15, 0.2) is 0 Å². The summed E-state index contributed by atoms with van der Waals surface area (Å²) in [6.07, 6.45) is 0.787. The van der Waals surface area contributed by atoms with Gasteiger partial charge in [0.2, 0.25) is 11.8 Å². The first kappa shape index (κ1) is 22.1. The van der Waals surface area contributed by atoms with Crippen LogP contribution in [0, 0.1) is 0 Å². The molecule has 1 N–H and O–H groups in total. The molecule has 7 heteroatoms. The molecule has 5 nitrogen and oxygen atoms in total. The Morgan fingerprint density at radius 1 is 1.14 bits per heavy atom. The van der Waals surface area contributed by atoms with Crippen molar-refractivity contribution in [3.05, 3.63) is 59.1 Å². The van der Waals surface area contributed by atoms with Crippen LogP contribution in [0.4, 0.5) is 5.69 Å². The average Bonchev–Trinajstić information content (AvgIpc) is 2.69. The second kappa shape index (κ2) is 11.6. The lowest BCUT2D eigenvalue weighted by Gasteiger charge is -2.22. The number of thioether (sulfide) groups is 1. The summed E-state index contributed by atoms with van der Waals surface area (Å²) in [6, 6.07) is 14.8. The van der Waals surface area contributed by atoms with Crippen molar-refractivity contribution in [3.8, 4) is 5.75 Å². The summed E-state index contributed by atoms with van der Waals surface area (Å²) >= 11 is 7.41. The van der Waals surface area contributed by atoms with E-state index >= 15 is 0 Å². The molecular weight excluding hydrogens is 396 g/mol. The maximum absolute atomic E-state index is 12.6. The molecule has 0 atom stereocenters. The zero-order valence-electron chi connectivity index (χ0n) is 16.1. The van der Waals surface area contributed by atoms with E-state index in [1.54, 1.807) is 24.1 Å². The number of halogens is 1. The predicted molar refractivity (Wildman–Crippen MR) is 116 cm³/mol. The molecule has 2 aromatic rings. The molecule has 2 amide bonds. The van der Waals surface area contributed by atoms with E-state index in [1.807, 2.05) is 43.3 Å². The Hall–Kier alpha value is -2.18. The average molecular weight is 421 g/mol. The molecule has 0 bridgehead atoms. The molecule has 0 unspecified atom stereocenters. The Kier molecular flexibility index (Phi) is 9.17. The van der Waals surface area contributed by atoms with Crippen LogP contribution in [0.25, 0.3) is 0 Å². The summed E-state index contributed by atoms with van der Waals surface area (Å²) < 4.78 is 5.24. The molecule has 2 rings (SSSR count). The number of nitrogens with one attached hydrogen (secondary N) is 1. The van der Waals surface area contributed by atoms with Crippen LogP contribution >= 0.6 is 23.4 Å². The number of hydrogen-bond acceptors (Lipinski definition) is 4. The van der Waals surface area contributed by atoms with Gasteiger partial charge in [-0.3, -0.25) is 9.59 Å². The van der Waals surface area contributed by atoms with Crippen LogP contribution in [0.15, 0.2) is 48.5 Å². The van der Waals surface area contributed by atoms with Gasteiger partial charge >= 0.3 is 0 Å². The van der Waals surface area contributed by atoms with Crippen molar-refractivity contribution in [2.24, 2.45) is 0 Å². The maximum atomic E-state index is 12.6. The Labute approximate surface area is 175 Å². The Bertz CT molecular complexity index is 783. The van der Waals surface area contributed by atoms with E-state index in [2.05, 4.69) is 5.32 Å². The highest BCUT2D eigenvalue weighted by Crippen LogP contribution is 2.23. The van der Waals surface area contributed by atoms with Crippen molar-refractivity contribution in [1.29, 1.82) is 0 Å². The van der Waals surface area contributed by atoms with E-state index in [-0.39, 0.29) is 18.4 Å². The van der Waals surface area contributed by atoms with Crippen molar-refractivity contribution in [2.45, 2.75) is 19.1 Å². The van der Waals surface area contributed by atoms with E-state index in [0.717, 1.165) is 17.7 Å². The van der Waals surface area contributed by atoms with E-state index in [4.69, 9.17) is 16.3 Å². The van der Waals surface area contributed by atoms with Gasteiger partial charge in [0.1, 0.15) is 5.75 Å². The molecule has 0 spiro atoms. The quantitative estimate of drug-likeness (QED) is 0.616. The van der Waals surface area contributed by atoms with Crippen LogP contribution in [0.5, 0.6) is 5.75 Å². The first-order valence-corrected chi connectivity index (χ1v) is 10.6. The molecule has 0 aromatic heterocycles. The van der Waals surface area contributed by atoms with Crippen LogP contribution in [-0.4, -0.2) is 42.7 Å². The number of hydrogen-bond donors (Lipinski definition) is 1. The van der Waals surface area contributed by atoms with Crippen molar-refractivity contribution in [3.63, 3.8) is 0 Å². The molecule has 2 aromatic carbocycles. The molecule has 0 aliphatic carbocycles. The first-order chi connectivity index (χ1) is 13.5. The number of carbonyl (C=O) groups is 2. The molecule has 0 aliphatic rings. The molecule has 0 radical (unpaired) electrons. The number of amides is 2. The zero-order valence-corrected chi connectivity index (χ0v) is 17.7. The minimum Gasteiger partial charge on any atom is -0.495 e. The van der Waals surface area contributed by atoms with E-state index < -0.39 is 0 Å². The van der Waals surface area contributed by atoms with E-state index in [1.165, 1.54) is 11.8 Å². The number of nitrogens with zero attached hydrogens (tertiary/aromatic N) is 1. The minimum absolute atomic E-state index is 0.0201. The van der Waals surface area contributed by atoms with Gasteiger partial charge in [-0.1, -0.05) is 42.8 Å². The molecular formula is C21H25ClN2O3S. The van der Waals surface area contributed by atoms with Gasteiger partial charge in [0.25, 0.3) is 0 Å². The highest BCUT2D eigenvalue weighted by Gasteiger charge is 2.17. The van der Waals surface area contributed by atoms with Crippen LogP contribution in [-0.2, 0) is 15.3 Å². The van der Waals surface area contributed by atoms with Gasteiger partial charge in [0.05, 0.1) is 25.1 Å². The van der Waals surface area contributed by atoms with Crippen LogP contribution in [0.2, 0.25) is 5.02 Å². The van der Waals surface area contributed by atoms with Crippen molar-refractivity contribution in [1.82, 2.24) is 4.90 Å². The fourth-order valence-electron chi connectivity index (χ4n) is 2.60. The summed E-state index contributed by atoms with van der Waals surface area (Å²) in [5, 5.41) is 3.51. The van der Waals surface area contributed by atoms with Gasteiger partial charge in [-0.15, -0.1) is 11.8 Å². The smallest absolute Gasteiger partial charge is 0.244 e. The van der Waals surface area contributed by atoms with Crippen molar-refractivity contribution in [2.75, 3.05) is 31.3 Å².